The second-order valence-corrected chi connectivity index (χ2v) is 6.08. The summed E-state index contributed by atoms with van der Waals surface area (Å²) in [5, 5.41) is 2.84. The zero-order valence-electron chi connectivity index (χ0n) is 14.6. The Labute approximate surface area is 157 Å². The molecule has 0 unspecified atom stereocenters. The fraction of sp³-hybridized carbons (Fsp3) is 0.200. The van der Waals surface area contributed by atoms with Gasteiger partial charge in [0.05, 0.1) is 12.3 Å². The first-order chi connectivity index (χ1) is 12.6. The van der Waals surface area contributed by atoms with Crippen molar-refractivity contribution < 1.29 is 14.3 Å². The summed E-state index contributed by atoms with van der Waals surface area (Å²) in [4.78, 5) is 26.5. The average Bonchev–Trinajstić information content (AvgIpc) is 2.87. The molecule has 134 valence electrons. The van der Waals surface area contributed by atoms with Gasteiger partial charge in [0, 0.05) is 5.69 Å². The van der Waals surface area contributed by atoms with Crippen LogP contribution in [0.3, 0.4) is 0 Å². The highest BCUT2D eigenvalue weighted by Crippen LogP contribution is 2.32. The molecule has 0 aliphatic carbocycles. The molecule has 3 rings (SSSR count). The van der Waals surface area contributed by atoms with Crippen LogP contribution in [0.2, 0.25) is 0 Å². The number of carbonyl (C=O) groups is 2. The first kappa shape index (κ1) is 18.0. The van der Waals surface area contributed by atoms with Crippen LogP contribution in [-0.4, -0.2) is 18.4 Å². The molecule has 1 aliphatic heterocycles. The maximum absolute atomic E-state index is 12.8. The van der Waals surface area contributed by atoms with Gasteiger partial charge in [-0.1, -0.05) is 36.7 Å². The molecule has 6 heteroatoms. The lowest BCUT2D eigenvalue weighted by molar-refractivity contribution is -0.120. The Morgan fingerprint density at radius 2 is 1.69 bits per heavy atom. The van der Waals surface area contributed by atoms with E-state index in [4.69, 9.17) is 16.3 Å². The summed E-state index contributed by atoms with van der Waals surface area (Å²) in [5.74, 6) is -0.258. The van der Waals surface area contributed by atoms with Crippen LogP contribution in [0.15, 0.2) is 59.3 Å². The Kier molecular flexibility index (Phi) is 5.28. The van der Waals surface area contributed by atoms with Crippen LogP contribution in [0.5, 0.6) is 5.75 Å². The Bertz CT molecular complexity index is 875. The number of hydrogen-bond donors (Lipinski definition) is 1. The molecule has 1 N–H and O–H groups in total. The number of ether oxygens (including phenoxy) is 1. The van der Waals surface area contributed by atoms with Crippen molar-refractivity contribution in [3.8, 4) is 5.75 Å². The minimum absolute atomic E-state index is 0.0757. The fourth-order valence-corrected chi connectivity index (χ4v) is 3.02. The molecule has 2 aromatic carbocycles. The predicted octanol–water partition coefficient (Wildman–Crippen LogP) is 4.08. The summed E-state index contributed by atoms with van der Waals surface area (Å²) >= 11 is 6.18. The maximum Gasteiger partial charge on any atom is 0.283 e. The van der Waals surface area contributed by atoms with E-state index in [1.54, 1.807) is 36.4 Å². The third-order valence-electron chi connectivity index (χ3n) is 4.08. The number of hydrogen-bond acceptors (Lipinski definition) is 4. The van der Waals surface area contributed by atoms with E-state index in [1.807, 2.05) is 26.0 Å². The number of nitrogens with one attached hydrogen (secondary N) is 1. The third kappa shape index (κ3) is 3.30. The normalized spacial score (nSPS) is 14.2. The number of amides is 2. The second kappa shape index (κ2) is 7.62. The van der Waals surface area contributed by atoms with Gasteiger partial charge in [0.25, 0.3) is 11.8 Å². The summed E-state index contributed by atoms with van der Waals surface area (Å²) in [6, 6.07) is 14.4. The monoisotopic (exact) mass is 370 g/mol. The molecule has 26 heavy (non-hydrogen) atoms. The topological polar surface area (TPSA) is 58.6 Å². The highest BCUT2D eigenvalue weighted by Gasteiger charge is 2.39. The quantitative estimate of drug-likeness (QED) is 0.778. The van der Waals surface area contributed by atoms with Gasteiger partial charge < -0.3 is 10.1 Å². The Morgan fingerprint density at radius 3 is 2.35 bits per heavy atom. The van der Waals surface area contributed by atoms with E-state index in [9.17, 15) is 9.59 Å². The van der Waals surface area contributed by atoms with Crippen LogP contribution in [0.4, 0.5) is 11.4 Å². The SMILES string of the molecule is CCOc1ccc(NC2=C(Cl)C(=O)N(c3ccccc3CC)C2=O)cc1. The minimum atomic E-state index is -0.522. The summed E-state index contributed by atoms with van der Waals surface area (Å²) in [6.45, 7) is 4.45. The van der Waals surface area contributed by atoms with Crippen LogP contribution in [0.1, 0.15) is 19.4 Å². The summed E-state index contributed by atoms with van der Waals surface area (Å²) in [6.07, 6.45) is 0.701. The molecular formula is C20H19ClN2O3. The van der Waals surface area contributed by atoms with Crippen LogP contribution >= 0.6 is 11.6 Å². The number of para-hydroxylation sites is 1. The molecule has 0 atom stereocenters. The number of imide groups is 1. The number of nitrogens with zero attached hydrogens (tertiary/aromatic N) is 1. The van der Waals surface area contributed by atoms with Gasteiger partial charge >= 0.3 is 0 Å². The molecule has 1 heterocycles. The molecule has 0 aromatic heterocycles. The molecule has 0 fully saturated rings. The van der Waals surface area contributed by atoms with Gasteiger partial charge in [-0.15, -0.1) is 0 Å². The molecule has 0 bridgehead atoms. The van der Waals surface area contributed by atoms with Crippen molar-refractivity contribution in [1.29, 1.82) is 0 Å². The minimum Gasteiger partial charge on any atom is -0.494 e. The molecule has 0 spiro atoms. The smallest absolute Gasteiger partial charge is 0.283 e. The first-order valence-electron chi connectivity index (χ1n) is 8.43. The zero-order valence-corrected chi connectivity index (χ0v) is 15.3. The van der Waals surface area contributed by atoms with Gasteiger partial charge in [-0.3, -0.25) is 9.59 Å². The lowest BCUT2D eigenvalue weighted by atomic mass is 10.1. The van der Waals surface area contributed by atoms with Crippen LogP contribution in [-0.2, 0) is 16.0 Å². The Balaban J connectivity index is 1.87. The summed E-state index contributed by atoms with van der Waals surface area (Å²) in [7, 11) is 0. The van der Waals surface area contributed by atoms with E-state index in [2.05, 4.69) is 5.32 Å². The van der Waals surface area contributed by atoms with Crippen LogP contribution < -0.4 is 15.0 Å². The Hall–Kier alpha value is -2.79. The van der Waals surface area contributed by atoms with Crippen molar-refractivity contribution in [2.75, 3.05) is 16.8 Å². The van der Waals surface area contributed by atoms with Crippen LogP contribution in [0, 0.1) is 0 Å². The zero-order chi connectivity index (χ0) is 18.7. The number of anilines is 2. The van der Waals surface area contributed by atoms with Gasteiger partial charge in [-0.05, 0) is 49.2 Å². The molecule has 2 aromatic rings. The number of benzene rings is 2. The van der Waals surface area contributed by atoms with Crippen LogP contribution in [0.25, 0.3) is 0 Å². The van der Waals surface area contributed by atoms with Gasteiger partial charge in [0.1, 0.15) is 16.5 Å². The van der Waals surface area contributed by atoms with Crippen molar-refractivity contribution in [2.45, 2.75) is 20.3 Å². The largest absolute Gasteiger partial charge is 0.494 e. The van der Waals surface area contributed by atoms with Gasteiger partial charge in [0.15, 0.2) is 0 Å². The van der Waals surface area contributed by atoms with E-state index >= 15 is 0 Å². The number of halogens is 1. The Morgan fingerprint density at radius 1 is 1.00 bits per heavy atom. The summed E-state index contributed by atoms with van der Waals surface area (Å²) in [5.41, 5.74) is 2.19. The van der Waals surface area contributed by atoms with E-state index in [1.165, 1.54) is 0 Å². The molecular weight excluding hydrogens is 352 g/mol. The molecule has 1 aliphatic rings. The predicted molar refractivity (Wildman–Crippen MR) is 102 cm³/mol. The van der Waals surface area contributed by atoms with E-state index in [0.29, 0.717) is 24.4 Å². The lowest BCUT2D eigenvalue weighted by Crippen LogP contribution is -2.33. The second-order valence-electron chi connectivity index (χ2n) is 5.70. The fourth-order valence-electron chi connectivity index (χ4n) is 2.80. The maximum atomic E-state index is 12.8. The van der Waals surface area contributed by atoms with Crippen molar-refractivity contribution in [3.63, 3.8) is 0 Å². The number of carbonyl (C=O) groups excluding carboxylic acids is 2. The van der Waals surface area contributed by atoms with Crippen molar-refractivity contribution in [3.05, 3.63) is 64.8 Å². The number of rotatable bonds is 6. The molecule has 0 saturated carbocycles. The van der Waals surface area contributed by atoms with Crippen molar-refractivity contribution in [1.82, 2.24) is 0 Å². The van der Waals surface area contributed by atoms with Gasteiger partial charge in [-0.25, -0.2) is 4.90 Å². The lowest BCUT2D eigenvalue weighted by Gasteiger charge is -2.18. The molecule has 0 saturated heterocycles. The number of aryl methyl sites for hydroxylation is 1. The van der Waals surface area contributed by atoms with E-state index < -0.39 is 11.8 Å². The highest BCUT2D eigenvalue weighted by molar-refractivity contribution is 6.53. The third-order valence-corrected chi connectivity index (χ3v) is 4.43. The molecule has 5 nitrogen and oxygen atoms in total. The summed E-state index contributed by atoms with van der Waals surface area (Å²) < 4.78 is 5.40. The molecule has 0 radical (unpaired) electrons. The van der Waals surface area contributed by atoms with Gasteiger partial charge in [0.2, 0.25) is 0 Å². The van der Waals surface area contributed by atoms with Crippen molar-refractivity contribution >= 4 is 34.8 Å². The standard InChI is InChI=1S/C20H19ClN2O3/c1-3-13-7-5-6-8-16(13)23-19(24)17(21)18(20(23)25)22-14-9-11-15(12-10-14)26-4-2/h5-12,22H,3-4H2,1-2H3. The van der Waals surface area contributed by atoms with Gasteiger partial charge in [-0.2, -0.15) is 0 Å². The molecule has 2 amide bonds. The average molecular weight is 371 g/mol. The van der Waals surface area contributed by atoms with Crippen molar-refractivity contribution in [2.24, 2.45) is 0 Å². The van der Waals surface area contributed by atoms with E-state index in [-0.39, 0.29) is 10.7 Å². The first-order valence-corrected chi connectivity index (χ1v) is 8.81. The van der Waals surface area contributed by atoms with E-state index in [0.717, 1.165) is 16.2 Å². The highest BCUT2D eigenvalue weighted by atomic mass is 35.5.